The van der Waals surface area contributed by atoms with Crippen LogP contribution < -0.4 is 0 Å². The number of carbonyl (C=O) groups excluding carboxylic acids is 1. The second-order valence-corrected chi connectivity index (χ2v) is 8.25. The molecular weight excluding hydrogens is 320 g/mol. The van der Waals surface area contributed by atoms with Crippen molar-refractivity contribution in [2.45, 2.75) is 52.1 Å². The van der Waals surface area contributed by atoms with Crippen molar-refractivity contribution in [2.75, 3.05) is 0 Å². The Kier molecular flexibility index (Phi) is 3.60. The third-order valence-corrected chi connectivity index (χ3v) is 7.05. The van der Waals surface area contributed by atoms with Crippen LogP contribution in [0.1, 0.15) is 57.6 Å². The van der Waals surface area contributed by atoms with Gasteiger partial charge in [-0.25, -0.2) is 4.79 Å². The fraction of sp³-hybridized carbons (Fsp3) is 0.600. The lowest BCUT2D eigenvalue weighted by Crippen LogP contribution is -2.56. The van der Waals surface area contributed by atoms with E-state index in [9.17, 15) is 14.7 Å². The highest BCUT2D eigenvalue weighted by atomic mass is 16.5. The Bertz CT molecular complexity index is 733. The lowest BCUT2D eigenvalue weighted by Gasteiger charge is -2.59. The molecule has 1 saturated carbocycles. The van der Waals surface area contributed by atoms with Gasteiger partial charge in [-0.05, 0) is 49.5 Å². The first kappa shape index (κ1) is 16.4. The quantitative estimate of drug-likeness (QED) is 0.817. The van der Waals surface area contributed by atoms with Gasteiger partial charge in [-0.15, -0.1) is 0 Å². The molecule has 2 heterocycles. The average molecular weight is 344 g/mol. The number of hydrogen-bond acceptors (Lipinski definition) is 4. The summed E-state index contributed by atoms with van der Waals surface area (Å²) in [6.45, 7) is 4.24. The molecule has 1 unspecified atom stereocenters. The number of carboxylic acid groups (broad SMARTS) is 1. The van der Waals surface area contributed by atoms with Crippen LogP contribution in [-0.2, 0) is 14.3 Å². The number of ether oxygens (including phenoxy) is 1. The Morgan fingerprint density at radius 3 is 2.80 bits per heavy atom. The van der Waals surface area contributed by atoms with E-state index in [4.69, 9.17) is 9.15 Å². The summed E-state index contributed by atoms with van der Waals surface area (Å²) in [5, 5.41) is 9.70. The highest BCUT2D eigenvalue weighted by Gasteiger charge is 2.61. The Morgan fingerprint density at radius 2 is 2.12 bits per heavy atom. The molecule has 5 nitrogen and oxygen atoms in total. The first-order valence-electron chi connectivity index (χ1n) is 9.03. The summed E-state index contributed by atoms with van der Waals surface area (Å²) >= 11 is 0. The van der Waals surface area contributed by atoms with Gasteiger partial charge < -0.3 is 14.3 Å². The van der Waals surface area contributed by atoms with Gasteiger partial charge in [0.15, 0.2) is 0 Å². The maximum Gasteiger partial charge on any atom is 0.331 e. The summed E-state index contributed by atoms with van der Waals surface area (Å²) in [4.78, 5) is 24.6. The second kappa shape index (κ2) is 5.48. The third kappa shape index (κ3) is 2.28. The molecule has 1 saturated heterocycles. The number of furan rings is 1. The minimum atomic E-state index is -0.820. The van der Waals surface area contributed by atoms with Gasteiger partial charge >= 0.3 is 11.9 Å². The van der Waals surface area contributed by atoms with E-state index in [1.807, 2.05) is 12.1 Å². The van der Waals surface area contributed by atoms with Crippen LogP contribution >= 0.6 is 0 Å². The molecular formula is C20H24O5. The Labute approximate surface area is 147 Å². The molecule has 5 heteroatoms. The zero-order valence-corrected chi connectivity index (χ0v) is 14.7. The van der Waals surface area contributed by atoms with Crippen molar-refractivity contribution < 1.29 is 23.8 Å². The number of rotatable bonds is 2. The van der Waals surface area contributed by atoms with Gasteiger partial charge in [0.2, 0.25) is 0 Å². The van der Waals surface area contributed by atoms with Crippen molar-refractivity contribution in [1.29, 1.82) is 0 Å². The summed E-state index contributed by atoms with van der Waals surface area (Å²) in [6, 6.07) is 1.84. The molecule has 1 aromatic heterocycles. The van der Waals surface area contributed by atoms with E-state index in [-0.39, 0.29) is 34.7 Å². The molecule has 1 N–H and O–H groups in total. The summed E-state index contributed by atoms with van der Waals surface area (Å²) in [5.41, 5.74) is 0.764. The predicted octanol–water partition coefficient (Wildman–Crippen LogP) is 4.11. The van der Waals surface area contributed by atoms with Crippen LogP contribution in [0, 0.1) is 22.7 Å². The van der Waals surface area contributed by atoms with Gasteiger partial charge in [0.25, 0.3) is 0 Å². The van der Waals surface area contributed by atoms with Gasteiger partial charge in [0, 0.05) is 16.6 Å². The van der Waals surface area contributed by atoms with Crippen LogP contribution in [0.3, 0.4) is 0 Å². The summed E-state index contributed by atoms with van der Waals surface area (Å²) < 4.78 is 10.9. The number of carboxylic acids is 1. The lowest BCUT2D eigenvalue weighted by molar-refractivity contribution is -0.190. The molecule has 4 rings (SSSR count). The fourth-order valence-corrected chi connectivity index (χ4v) is 5.83. The second-order valence-electron chi connectivity index (χ2n) is 8.25. The number of fused-ring (bicyclic) bond motifs is 3. The molecule has 0 aromatic carbocycles. The first-order valence-corrected chi connectivity index (χ1v) is 9.03. The van der Waals surface area contributed by atoms with E-state index >= 15 is 0 Å². The molecule has 1 aliphatic heterocycles. The summed E-state index contributed by atoms with van der Waals surface area (Å²) in [5.74, 6) is -0.952. The molecule has 0 radical (unpaired) electrons. The zero-order chi connectivity index (χ0) is 17.8. The Morgan fingerprint density at radius 1 is 1.32 bits per heavy atom. The Balaban J connectivity index is 1.74. The number of allylic oxidation sites excluding steroid dienone is 1. The van der Waals surface area contributed by atoms with Crippen molar-refractivity contribution in [2.24, 2.45) is 22.7 Å². The molecule has 25 heavy (non-hydrogen) atoms. The van der Waals surface area contributed by atoms with E-state index in [0.717, 1.165) is 31.2 Å². The predicted molar refractivity (Wildman–Crippen MR) is 89.5 cm³/mol. The zero-order valence-electron chi connectivity index (χ0n) is 14.7. The smallest absolute Gasteiger partial charge is 0.331 e. The highest BCUT2D eigenvalue weighted by Crippen LogP contribution is 2.64. The van der Waals surface area contributed by atoms with E-state index in [1.165, 1.54) is 0 Å². The van der Waals surface area contributed by atoms with Crippen LogP contribution in [0.4, 0.5) is 0 Å². The maximum absolute atomic E-state index is 12.7. The van der Waals surface area contributed by atoms with Gasteiger partial charge in [0.05, 0.1) is 18.4 Å². The fourth-order valence-electron chi connectivity index (χ4n) is 5.83. The van der Waals surface area contributed by atoms with E-state index in [1.54, 1.807) is 12.5 Å². The van der Waals surface area contributed by atoms with Crippen LogP contribution in [0.5, 0.6) is 0 Å². The van der Waals surface area contributed by atoms with Gasteiger partial charge in [-0.3, -0.25) is 4.79 Å². The molecule has 2 aliphatic carbocycles. The number of esters is 1. The molecule has 3 aliphatic rings. The molecule has 134 valence electrons. The lowest BCUT2D eigenvalue weighted by atomic mass is 9.45. The third-order valence-electron chi connectivity index (χ3n) is 7.05. The van der Waals surface area contributed by atoms with E-state index in [2.05, 4.69) is 13.8 Å². The topological polar surface area (TPSA) is 76.7 Å². The largest absolute Gasteiger partial charge is 0.478 e. The molecule has 2 fully saturated rings. The standard InChI is InChI=1S/C20H24O5/c1-19-8-6-14-18(23)25-15(12-7-9-24-11-12)10-20(14,2)16(19)5-3-4-13(19)17(21)22/h4,7,9,11,14-16H,3,5-6,8,10H2,1-2H3,(H,21,22)/t14?,15-,16+,19+,20+/m1/s1. The molecule has 5 atom stereocenters. The number of carbonyl (C=O) groups is 2. The average Bonchev–Trinajstić information content (AvgIpc) is 3.07. The minimum absolute atomic E-state index is 0.145. The summed E-state index contributed by atoms with van der Waals surface area (Å²) in [6.07, 6.45) is 8.61. The molecule has 0 amide bonds. The van der Waals surface area contributed by atoms with Crippen molar-refractivity contribution in [3.63, 3.8) is 0 Å². The monoisotopic (exact) mass is 344 g/mol. The van der Waals surface area contributed by atoms with Gasteiger partial charge in [-0.1, -0.05) is 19.9 Å². The number of hydrogen-bond donors (Lipinski definition) is 1. The van der Waals surface area contributed by atoms with Crippen molar-refractivity contribution in [1.82, 2.24) is 0 Å². The normalized spacial score (nSPS) is 40.5. The van der Waals surface area contributed by atoms with E-state index < -0.39 is 5.97 Å². The van der Waals surface area contributed by atoms with Crippen LogP contribution in [0.15, 0.2) is 34.7 Å². The number of aliphatic carboxylic acids is 1. The van der Waals surface area contributed by atoms with Crippen molar-refractivity contribution >= 4 is 11.9 Å². The van der Waals surface area contributed by atoms with Gasteiger partial charge in [-0.2, -0.15) is 0 Å². The van der Waals surface area contributed by atoms with Crippen LogP contribution in [-0.4, -0.2) is 17.0 Å². The first-order chi connectivity index (χ1) is 11.9. The van der Waals surface area contributed by atoms with E-state index in [0.29, 0.717) is 12.0 Å². The SMILES string of the molecule is C[C@@]12CCC3C(=O)O[C@@H](c4ccoc4)C[C@]3(C)[C@H]1CCC=C2C(=O)O. The summed E-state index contributed by atoms with van der Waals surface area (Å²) in [7, 11) is 0. The maximum atomic E-state index is 12.7. The van der Waals surface area contributed by atoms with Crippen molar-refractivity contribution in [3.8, 4) is 0 Å². The van der Waals surface area contributed by atoms with Crippen molar-refractivity contribution in [3.05, 3.63) is 35.8 Å². The van der Waals surface area contributed by atoms with Crippen LogP contribution in [0.25, 0.3) is 0 Å². The minimum Gasteiger partial charge on any atom is -0.478 e. The highest BCUT2D eigenvalue weighted by molar-refractivity contribution is 5.88. The molecule has 1 aromatic rings. The molecule has 0 spiro atoms. The Hall–Kier alpha value is -2.04. The molecule has 0 bridgehead atoms. The number of cyclic esters (lactones) is 1. The van der Waals surface area contributed by atoms with Gasteiger partial charge in [0.1, 0.15) is 6.10 Å². The van der Waals surface area contributed by atoms with Crippen LogP contribution in [0.2, 0.25) is 0 Å².